The second-order valence-electron chi connectivity index (χ2n) is 5.21. The minimum Gasteiger partial charge on any atom is -0.316 e. The molecule has 3 rings (SSSR count). The van der Waals surface area contributed by atoms with Crippen molar-refractivity contribution in [3.63, 3.8) is 0 Å². The number of para-hydroxylation sites is 1. The Bertz CT molecular complexity index is 852. The summed E-state index contributed by atoms with van der Waals surface area (Å²) in [6, 6.07) is 11.3. The summed E-state index contributed by atoms with van der Waals surface area (Å²) in [4.78, 5) is 13.1. The van der Waals surface area contributed by atoms with Crippen molar-refractivity contribution < 1.29 is 13.6 Å². The molecule has 1 heterocycles. The standard InChI is InChI=1S/C18H15F2NOS/c1-2-6-12-11-7-3-4-10-15(11)23-17(12)18(22)21-16-13(19)8-5-9-14(16)20/h3-5,7-10H,2,6H2,1H3,(H,21,22). The van der Waals surface area contributed by atoms with Gasteiger partial charge in [0.2, 0.25) is 0 Å². The van der Waals surface area contributed by atoms with E-state index < -0.39 is 23.2 Å². The maximum absolute atomic E-state index is 13.7. The minimum absolute atomic E-state index is 0.405. The molecule has 0 aliphatic rings. The number of nitrogens with one attached hydrogen (secondary N) is 1. The van der Waals surface area contributed by atoms with Crippen molar-refractivity contribution in [1.82, 2.24) is 0 Å². The molecule has 0 bridgehead atoms. The zero-order chi connectivity index (χ0) is 16.4. The van der Waals surface area contributed by atoms with E-state index in [-0.39, 0.29) is 0 Å². The van der Waals surface area contributed by atoms with Gasteiger partial charge in [0.05, 0.1) is 4.88 Å². The topological polar surface area (TPSA) is 29.1 Å². The van der Waals surface area contributed by atoms with Crippen LogP contribution in [-0.2, 0) is 6.42 Å². The quantitative estimate of drug-likeness (QED) is 0.683. The van der Waals surface area contributed by atoms with Crippen LogP contribution in [0.25, 0.3) is 10.1 Å². The van der Waals surface area contributed by atoms with Crippen LogP contribution in [0.5, 0.6) is 0 Å². The number of anilines is 1. The first-order chi connectivity index (χ1) is 11.1. The summed E-state index contributed by atoms with van der Waals surface area (Å²) in [7, 11) is 0. The average molecular weight is 331 g/mol. The van der Waals surface area contributed by atoms with Gasteiger partial charge in [-0.25, -0.2) is 8.78 Å². The van der Waals surface area contributed by atoms with Crippen molar-refractivity contribution in [2.24, 2.45) is 0 Å². The largest absolute Gasteiger partial charge is 0.316 e. The van der Waals surface area contributed by atoms with Gasteiger partial charge in [-0.05, 0) is 35.6 Å². The lowest BCUT2D eigenvalue weighted by Crippen LogP contribution is -2.14. The third kappa shape index (κ3) is 2.97. The van der Waals surface area contributed by atoms with E-state index in [1.54, 1.807) is 0 Å². The third-order valence-corrected chi connectivity index (χ3v) is 4.82. The van der Waals surface area contributed by atoms with E-state index in [2.05, 4.69) is 5.32 Å². The molecule has 0 spiro atoms. The van der Waals surface area contributed by atoms with Gasteiger partial charge in [-0.1, -0.05) is 37.6 Å². The summed E-state index contributed by atoms with van der Waals surface area (Å²) in [5, 5.41) is 3.40. The molecule has 23 heavy (non-hydrogen) atoms. The van der Waals surface area contributed by atoms with E-state index in [0.717, 1.165) is 40.6 Å². The second-order valence-corrected chi connectivity index (χ2v) is 6.26. The highest BCUT2D eigenvalue weighted by atomic mass is 32.1. The van der Waals surface area contributed by atoms with Gasteiger partial charge in [0, 0.05) is 4.70 Å². The number of fused-ring (bicyclic) bond motifs is 1. The molecule has 0 fully saturated rings. The van der Waals surface area contributed by atoms with E-state index in [1.165, 1.54) is 17.4 Å². The van der Waals surface area contributed by atoms with Crippen LogP contribution in [-0.4, -0.2) is 5.91 Å². The number of carbonyl (C=O) groups excluding carboxylic acids is 1. The fraction of sp³-hybridized carbons (Fsp3) is 0.167. The number of hydrogen-bond donors (Lipinski definition) is 1. The molecule has 0 unspecified atom stereocenters. The first kappa shape index (κ1) is 15.6. The van der Waals surface area contributed by atoms with Crippen LogP contribution in [0.3, 0.4) is 0 Å². The molecular formula is C18H15F2NOS. The molecule has 2 aromatic carbocycles. The molecule has 0 radical (unpaired) electrons. The van der Waals surface area contributed by atoms with Crippen molar-refractivity contribution in [3.05, 3.63) is 64.5 Å². The van der Waals surface area contributed by atoms with Crippen LogP contribution in [0.2, 0.25) is 0 Å². The van der Waals surface area contributed by atoms with E-state index in [4.69, 9.17) is 0 Å². The Morgan fingerprint density at radius 2 is 1.78 bits per heavy atom. The maximum Gasteiger partial charge on any atom is 0.266 e. The smallest absolute Gasteiger partial charge is 0.266 e. The van der Waals surface area contributed by atoms with Crippen molar-refractivity contribution in [3.8, 4) is 0 Å². The number of benzene rings is 2. The van der Waals surface area contributed by atoms with E-state index in [0.29, 0.717) is 4.88 Å². The Labute approximate surface area is 136 Å². The van der Waals surface area contributed by atoms with Crippen LogP contribution in [0.1, 0.15) is 28.6 Å². The zero-order valence-electron chi connectivity index (χ0n) is 12.5. The molecular weight excluding hydrogens is 316 g/mol. The Balaban J connectivity index is 2.02. The van der Waals surface area contributed by atoms with Crippen LogP contribution in [0.4, 0.5) is 14.5 Å². The van der Waals surface area contributed by atoms with Crippen LogP contribution in [0.15, 0.2) is 42.5 Å². The predicted molar refractivity (Wildman–Crippen MR) is 90.1 cm³/mol. The number of carbonyl (C=O) groups is 1. The summed E-state index contributed by atoms with van der Waals surface area (Å²) < 4.78 is 28.5. The summed E-state index contributed by atoms with van der Waals surface area (Å²) in [6.45, 7) is 2.03. The van der Waals surface area contributed by atoms with E-state index in [9.17, 15) is 13.6 Å². The molecule has 5 heteroatoms. The second kappa shape index (κ2) is 6.46. The zero-order valence-corrected chi connectivity index (χ0v) is 13.3. The SMILES string of the molecule is CCCc1c(C(=O)Nc2c(F)cccc2F)sc2ccccc12. The molecule has 0 saturated carbocycles. The van der Waals surface area contributed by atoms with Crippen LogP contribution < -0.4 is 5.32 Å². The highest BCUT2D eigenvalue weighted by Crippen LogP contribution is 2.33. The first-order valence-electron chi connectivity index (χ1n) is 7.37. The fourth-order valence-corrected chi connectivity index (χ4v) is 3.71. The van der Waals surface area contributed by atoms with Gasteiger partial charge < -0.3 is 5.32 Å². The number of rotatable bonds is 4. The van der Waals surface area contributed by atoms with Gasteiger partial charge in [-0.15, -0.1) is 11.3 Å². The molecule has 0 aliphatic heterocycles. The summed E-state index contributed by atoms with van der Waals surface area (Å²) >= 11 is 1.35. The number of thiophene rings is 1. The normalized spacial score (nSPS) is 10.9. The molecule has 1 N–H and O–H groups in total. The molecule has 0 aliphatic carbocycles. The summed E-state index contributed by atoms with van der Waals surface area (Å²) in [5.74, 6) is -2.04. The molecule has 0 atom stereocenters. The minimum atomic E-state index is -0.781. The first-order valence-corrected chi connectivity index (χ1v) is 8.19. The number of hydrogen-bond acceptors (Lipinski definition) is 2. The third-order valence-electron chi connectivity index (χ3n) is 3.61. The fourth-order valence-electron chi connectivity index (χ4n) is 2.57. The number of halogens is 2. The van der Waals surface area contributed by atoms with Gasteiger partial charge in [-0.3, -0.25) is 4.79 Å². The Morgan fingerprint density at radius 3 is 2.48 bits per heavy atom. The van der Waals surface area contributed by atoms with Crippen molar-refractivity contribution in [2.45, 2.75) is 19.8 Å². The molecule has 118 valence electrons. The highest BCUT2D eigenvalue weighted by molar-refractivity contribution is 7.21. The Kier molecular flexibility index (Phi) is 4.39. The highest BCUT2D eigenvalue weighted by Gasteiger charge is 2.20. The monoisotopic (exact) mass is 331 g/mol. The number of aryl methyl sites for hydroxylation is 1. The Morgan fingerprint density at radius 1 is 1.09 bits per heavy atom. The predicted octanol–water partition coefficient (Wildman–Crippen LogP) is 5.38. The van der Waals surface area contributed by atoms with Gasteiger partial charge in [0.25, 0.3) is 5.91 Å². The lowest BCUT2D eigenvalue weighted by molar-refractivity contribution is 0.102. The van der Waals surface area contributed by atoms with Gasteiger partial charge in [0.15, 0.2) is 0 Å². The van der Waals surface area contributed by atoms with Crippen molar-refractivity contribution in [1.29, 1.82) is 0 Å². The van der Waals surface area contributed by atoms with Crippen molar-refractivity contribution >= 4 is 33.0 Å². The maximum atomic E-state index is 13.7. The van der Waals surface area contributed by atoms with Gasteiger partial charge in [0.1, 0.15) is 17.3 Å². The van der Waals surface area contributed by atoms with E-state index >= 15 is 0 Å². The number of amides is 1. The summed E-state index contributed by atoms with van der Waals surface area (Å²) in [6.07, 6.45) is 1.63. The van der Waals surface area contributed by atoms with Crippen molar-refractivity contribution in [2.75, 3.05) is 5.32 Å². The lowest BCUT2D eigenvalue weighted by Gasteiger charge is -2.08. The molecule has 3 aromatic rings. The van der Waals surface area contributed by atoms with Crippen LogP contribution in [0, 0.1) is 11.6 Å². The lowest BCUT2D eigenvalue weighted by atomic mass is 10.1. The van der Waals surface area contributed by atoms with Gasteiger partial charge >= 0.3 is 0 Å². The molecule has 1 aromatic heterocycles. The molecule has 2 nitrogen and oxygen atoms in total. The summed E-state index contributed by atoms with van der Waals surface area (Å²) in [5.41, 5.74) is 0.528. The van der Waals surface area contributed by atoms with E-state index in [1.807, 2.05) is 31.2 Å². The van der Waals surface area contributed by atoms with Gasteiger partial charge in [-0.2, -0.15) is 0 Å². The van der Waals surface area contributed by atoms with Crippen LogP contribution >= 0.6 is 11.3 Å². The molecule has 1 amide bonds. The Hall–Kier alpha value is -2.27. The average Bonchev–Trinajstić information content (AvgIpc) is 2.90. The molecule has 0 saturated heterocycles.